The van der Waals surface area contributed by atoms with Crippen molar-refractivity contribution in [2.24, 2.45) is 0 Å². The molecule has 342 valence electrons. The molecule has 0 saturated carbocycles. The summed E-state index contributed by atoms with van der Waals surface area (Å²) in [7, 11) is 0. The van der Waals surface area contributed by atoms with Gasteiger partial charge in [-0.1, -0.05) is 243 Å². The second kappa shape index (κ2) is 18.9. The average Bonchev–Trinajstić information content (AvgIpc) is 3.82. The molecule has 0 radical (unpaired) electrons. The number of nitrogens with zero attached hydrogens (tertiary/aromatic N) is 3. The molecule has 0 atom stereocenters. The zero-order valence-electron chi connectivity index (χ0n) is 40.0. The molecule has 0 N–H and O–H groups in total. The van der Waals surface area contributed by atoms with Gasteiger partial charge in [0.15, 0.2) is 5.82 Å². The standard InChI is InChI=1S/C70H47N3/c1-7-24-48(25-8-1)53-34-22-38-57(45-53)68-67-60-42-19-20-43-63(60)73(59-40-17-6-18-41-59)70(67)72-69(71-68)58-39-23-36-55(46-58)54-35-21-37-56(44-54)62-47-61(49-26-9-2-10-27-49)64(50-28-11-3-12-29-50)66(52-32-15-5-16-33-52)65(62)51-30-13-4-14-31-51/h1-47H. The number of fused-ring (bicyclic) bond motifs is 3. The molecule has 0 aliphatic rings. The van der Waals surface area contributed by atoms with Gasteiger partial charge in [-0.25, -0.2) is 9.97 Å². The lowest BCUT2D eigenvalue weighted by Crippen LogP contribution is -1.99. The molecule has 13 rings (SSSR count). The van der Waals surface area contributed by atoms with Crippen LogP contribution in [0.4, 0.5) is 0 Å². The Labute approximate surface area is 425 Å². The summed E-state index contributed by atoms with van der Waals surface area (Å²) in [6.07, 6.45) is 0. The zero-order chi connectivity index (χ0) is 48.5. The molecule has 2 heterocycles. The van der Waals surface area contributed by atoms with Crippen molar-refractivity contribution in [2.45, 2.75) is 0 Å². The SMILES string of the molecule is c1ccc(-c2cccc(-c3nc(-c4cccc(-c5cccc(-c6cc(-c7ccccc7)c(-c7ccccc7)c(-c7ccccc7)c6-c6ccccc6)c5)c4)nc4c3c3ccccc3n4-c3ccccc3)c2)cc1. The van der Waals surface area contributed by atoms with Gasteiger partial charge in [0, 0.05) is 22.2 Å². The fourth-order valence-electron chi connectivity index (χ4n) is 10.7. The first kappa shape index (κ1) is 43.3. The third kappa shape index (κ3) is 8.09. The Morgan fingerprint density at radius 1 is 0.260 bits per heavy atom. The van der Waals surface area contributed by atoms with E-state index in [0.29, 0.717) is 5.82 Å². The number of aromatic nitrogens is 3. The molecule has 73 heavy (non-hydrogen) atoms. The zero-order valence-corrected chi connectivity index (χ0v) is 40.0. The molecule has 0 unspecified atom stereocenters. The van der Waals surface area contributed by atoms with E-state index in [9.17, 15) is 0 Å². The Balaban J connectivity index is 1.02. The van der Waals surface area contributed by atoms with E-state index in [0.717, 1.165) is 94.5 Å². The molecule has 0 fully saturated rings. The number of hydrogen-bond donors (Lipinski definition) is 0. The maximum Gasteiger partial charge on any atom is 0.162 e. The highest BCUT2D eigenvalue weighted by molar-refractivity contribution is 6.14. The van der Waals surface area contributed by atoms with Gasteiger partial charge in [0.2, 0.25) is 0 Å². The van der Waals surface area contributed by atoms with Gasteiger partial charge in [0.1, 0.15) is 5.65 Å². The molecule has 0 saturated heterocycles. The van der Waals surface area contributed by atoms with Gasteiger partial charge < -0.3 is 0 Å². The third-order valence-electron chi connectivity index (χ3n) is 14.0. The minimum absolute atomic E-state index is 0.661. The fourth-order valence-corrected chi connectivity index (χ4v) is 10.7. The lowest BCUT2D eigenvalue weighted by Gasteiger charge is -2.24. The van der Waals surface area contributed by atoms with Crippen LogP contribution in [0.1, 0.15) is 0 Å². The quantitative estimate of drug-likeness (QED) is 0.137. The summed E-state index contributed by atoms with van der Waals surface area (Å²) in [6, 6.07) is 102. The van der Waals surface area contributed by atoms with Gasteiger partial charge in [0.25, 0.3) is 0 Å². The number of hydrogen-bond acceptors (Lipinski definition) is 2. The highest BCUT2D eigenvalue weighted by Gasteiger charge is 2.25. The van der Waals surface area contributed by atoms with E-state index in [2.05, 4.69) is 290 Å². The first-order valence-electron chi connectivity index (χ1n) is 24.9. The highest BCUT2D eigenvalue weighted by Crippen LogP contribution is 2.51. The third-order valence-corrected chi connectivity index (χ3v) is 14.0. The predicted molar refractivity (Wildman–Crippen MR) is 305 cm³/mol. The van der Waals surface area contributed by atoms with Crippen LogP contribution in [0, 0.1) is 0 Å². The topological polar surface area (TPSA) is 30.7 Å². The largest absolute Gasteiger partial charge is 0.294 e. The molecule has 0 spiro atoms. The summed E-state index contributed by atoms with van der Waals surface area (Å²) in [6.45, 7) is 0. The van der Waals surface area contributed by atoms with Gasteiger partial charge in [-0.05, 0) is 120 Å². The van der Waals surface area contributed by atoms with Crippen LogP contribution in [0.25, 0.3) is 128 Å². The Hall–Kier alpha value is -9.70. The highest BCUT2D eigenvalue weighted by atomic mass is 15.1. The molecule has 0 aliphatic carbocycles. The molecule has 11 aromatic carbocycles. The molecule has 3 nitrogen and oxygen atoms in total. The molecule has 2 aromatic heterocycles. The molecule has 0 aliphatic heterocycles. The fraction of sp³-hybridized carbons (Fsp3) is 0. The van der Waals surface area contributed by atoms with Crippen LogP contribution >= 0.6 is 0 Å². The predicted octanol–water partition coefficient (Wildman–Crippen LogP) is 18.6. The van der Waals surface area contributed by atoms with Crippen molar-refractivity contribution < 1.29 is 0 Å². The Kier molecular flexibility index (Phi) is 11.2. The Bertz CT molecular complexity index is 4090. The van der Waals surface area contributed by atoms with Crippen LogP contribution < -0.4 is 0 Å². The van der Waals surface area contributed by atoms with Crippen molar-refractivity contribution in [2.75, 3.05) is 0 Å². The summed E-state index contributed by atoms with van der Waals surface area (Å²) in [5.41, 5.74) is 22.1. The average molecular weight is 930 g/mol. The van der Waals surface area contributed by atoms with E-state index in [1.54, 1.807) is 0 Å². The van der Waals surface area contributed by atoms with Crippen LogP contribution in [0.15, 0.2) is 285 Å². The minimum Gasteiger partial charge on any atom is -0.294 e. The second-order valence-electron chi connectivity index (χ2n) is 18.5. The van der Waals surface area contributed by atoms with E-state index < -0.39 is 0 Å². The minimum atomic E-state index is 0.661. The van der Waals surface area contributed by atoms with E-state index >= 15 is 0 Å². The number of para-hydroxylation sites is 2. The normalized spacial score (nSPS) is 11.3. The number of benzene rings is 11. The van der Waals surface area contributed by atoms with Crippen LogP contribution in [0.3, 0.4) is 0 Å². The molecule has 3 heteroatoms. The van der Waals surface area contributed by atoms with E-state index in [-0.39, 0.29) is 0 Å². The van der Waals surface area contributed by atoms with Crippen LogP contribution in [0.5, 0.6) is 0 Å². The summed E-state index contributed by atoms with van der Waals surface area (Å²) in [5, 5.41) is 2.13. The van der Waals surface area contributed by atoms with E-state index in [4.69, 9.17) is 9.97 Å². The molecule has 0 bridgehead atoms. The summed E-state index contributed by atoms with van der Waals surface area (Å²) >= 11 is 0. The summed E-state index contributed by atoms with van der Waals surface area (Å²) < 4.78 is 2.29. The number of rotatable bonds is 10. The van der Waals surface area contributed by atoms with Crippen LogP contribution in [0.2, 0.25) is 0 Å². The maximum atomic E-state index is 5.56. The summed E-state index contributed by atoms with van der Waals surface area (Å²) in [4.78, 5) is 11.1. The van der Waals surface area contributed by atoms with Crippen molar-refractivity contribution in [1.82, 2.24) is 14.5 Å². The van der Waals surface area contributed by atoms with Gasteiger partial charge in [-0.15, -0.1) is 0 Å². The van der Waals surface area contributed by atoms with Gasteiger partial charge >= 0.3 is 0 Å². The first-order valence-corrected chi connectivity index (χ1v) is 24.9. The van der Waals surface area contributed by atoms with Crippen molar-refractivity contribution >= 4 is 21.9 Å². The lowest BCUT2D eigenvalue weighted by molar-refractivity contribution is 1.11. The first-order chi connectivity index (χ1) is 36.2. The Morgan fingerprint density at radius 3 is 1.25 bits per heavy atom. The molecular weight excluding hydrogens is 883 g/mol. The van der Waals surface area contributed by atoms with Gasteiger partial charge in [0.05, 0.1) is 16.6 Å². The lowest BCUT2D eigenvalue weighted by atomic mass is 9.78. The molecular formula is C70H47N3. The second-order valence-corrected chi connectivity index (χ2v) is 18.5. The monoisotopic (exact) mass is 929 g/mol. The maximum absolute atomic E-state index is 5.56. The molecule has 13 aromatic rings. The van der Waals surface area contributed by atoms with Crippen molar-refractivity contribution in [3.8, 4) is 106 Å². The Morgan fingerprint density at radius 2 is 0.658 bits per heavy atom. The van der Waals surface area contributed by atoms with Gasteiger partial charge in [-0.2, -0.15) is 0 Å². The summed E-state index contributed by atoms with van der Waals surface area (Å²) in [5.74, 6) is 0.661. The molecule has 0 amide bonds. The van der Waals surface area contributed by atoms with Gasteiger partial charge in [-0.3, -0.25) is 4.57 Å². The van der Waals surface area contributed by atoms with E-state index in [1.807, 2.05) is 0 Å². The van der Waals surface area contributed by atoms with E-state index in [1.165, 1.54) is 27.8 Å². The smallest absolute Gasteiger partial charge is 0.162 e. The van der Waals surface area contributed by atoms with Crippen molar-refractivity contribution in [3.63, 3.8) is 0 Å². The van der Waals surface area contributed by atoms with Crippen LogP contribution in [-0.4, -0.2) is 14.5 Å². The van der Waals surface area contributed by atoms with Crippen molar-refractivity contribution in [3.05, 3.63) is 285 Å². The van der Waals surface area contributed by atoms with Crippen LogP contribution in [-0.2, 0) is 0 Å². The van der Waals surface area contributed by atoms with Crippen molar-refractivity contribution in [1.29, 1.82) is 0 Å².